The van der Waals surface area contributed by atoms with Crippen LogP contribution in [0.4, 0.5) is 0 Å². The van der Waals surface area contributed by atoms with Gasteiger partial charge in [-0.15, -0.1) is 10.2 Å². The van der Waals surface area contributed by atoms with Crippen molar-refractivity contribution in [2.75, 3.05) is 7.11 Å². The third kappa shape index (κ3) is 3.01. The Morgan fingerprint density at radius 1 is 1.27 bits per heavy atom. The zero-order valence-electron chi connectivity index (χ0n) is 11.6. The molecule has 0 amide bonds. The number of pyridine rings is 1. The summed E-state index contributed by atoms with van der Waals surface area (Å²) in [5, 5.41) is 8.32. The summed E-state index contributed by atoms with van der Waals surface area (Å²) < 4.78 is 15.5. The van der Waals surface area contributed by atoms with E-state index in [9.17, 15) is 4.79 Å². The fourth-order valence-corrected chi connectivity index (χ4v) is 2.47. The molecule has 3 aromatic rings. The molecule has 0 saturated carbocycles. The molecule has 3 aromatic heterocycles. The molecule has 0 aromatic carbocycles. The van der Waals surface area contributed by atoms with Gasteiger partial charge in [-0.3, -0.25) is 4.98 Å². The van der Waals surface area contributed by atoms with Crippen molar-refractivity contribution in [3.05, 3.63) is 48.2 Å². The standard InChI is InChI=1S/C14H11N3O4S/c1-19-13(18)10-4-7-20-11(10)8-22-14-17-16-12(21-14)9-2-5-15-6-3-9/h2-7H,8H2,1H3. The summed E-state index contributed by atoms with van der Waals surface area (Å²) >= 11 is 1.28. The summed E-state index contributed by atoms with van der Waals surface area (Å²) in [4.78, 5) is 15.5. The third-order valence-corrected chi connectivity index (χ3v) is 3.63. The predicted octanol–water partition coefficient (Wildman–Crippen LogP) is 2.80. The van der Waals surface area contributed by atoms with E-state index in [-0.39, 0.29) is 0 Å². The summed E-state index contributed by atoms with van der Waals surface area (Å²) in [6, 6.07) is 5.13. The minimum atomic E-state index is -0.438. The van der Waals surface area contributed by atoms with E-state index in [2.05, 4.69) is 19.9 Å². The van der Waals surface area contributed by atoms with Gasteiger partial charge in [0.2, 0.25) is 5.89 Å². The van der Waals surface area contributed by atoms with E-state index >= 15 is 0 Å². The number of rotatable bonds is 5. The smallest absolute Gasteiger partial charge is 0.341 e. The second-order valence-electron chi connectivity index (χ2n) is 4.15. The van der Waals surface area contributed by atoms with Crippen LogP contribution in [0.1, 0.15) is 16.1 Å². The highest BCUT2D eigenvalue weighted by molar-refractivity contribution is 7.98. The van der Waals surface area contributed by atoms with E-state index in [0.717, 1.165) is 5.56 Å². The molecule has 8 heteroatoms. The molecule has 0 aliphatic rings. The Balaban J connectivity index is 1.69. The number of carbonyl (C=O) groups is 1. The van der Waals surface area contributed by atoms with Crippen LogP contribution in [0.5, 0.6) is 0 Å². The molecule has 0 spiro atoms. The van der Waals surface area contributed by atoms with Gasteiger partial charge in [-0.25, -0.2) is 4.79 Å². The number of furan rings is 1. The monoisotopic (exact) mass is 317 g/mol. The molecule has 112 valence electrons. The molecule has 0 atom stereocenters. The Kier molecular flexibility index (Phi) is 4.19. The molecule has 3 heterocycles. The van der Waals surface area contributed by atoms with Gasteiger partial charge < -0.3 is 13.6 Å². The van der Waals surface area contributed by atoms with E-state index in [1.165, 1.54) is 25.1 Å². The maximum Gasteiger partial charge on any atom is 0.341 e. The first-order valence-corrected chi connectivity index (χ1v) is 7.28. The largest absolute Gasteiger partial charge is 0.468 e. The van der Waals surface area contributed by atoms with E-state index in [1.54, 1.807) is 30.6 Å². The average Bonchev–Trinajstić information content (AvgIpc) is 3.22. The highest BCUT2D eigenvalue weighted by atomic mass is 32.2. The molecular formula is C14H11N3O4S. The summed E-state index contributed by atoms with van der Waals surface area (Å²) in [5.74, 6) is 0.862. The molecule has 0 bridgehead atoms. The first-order valence-electron chi connectivity index (χ1n) is 6.29. The Morgan fingerprint density at radius 3 is 2.86 bits per heavy atom. The van der Waals surface area contributed by atoms with Crippen LogP contribution in [0.25, 0.3) is 11.5 Å². The van der Waals surface area contributed by atoms with Crippen molar-refractivity contribution in [2.24, 2.45) is 0 Å². The van der Waals surface area contributed by atoms with Crippen molar-refractivity contribution in [2.45, 2.75) is 11.0 Å². The first kappa shape index (κ1) is 14.3. The fraction of sp³-hybridized carbons (Fsp3) is 0.143. The number of esters is 1. The van der Waals surface area contributed by atoms with Gasteiger partial charge >= 0.3 is 5.97 Å². The van der Waals surface area contributed by atoms with E-state index < -0.39 is 5.97 Å². The molecule has 0 aliphatic carbocycles. The lowest BCUT2D eigenvalue weighted by atomic mass is 10.3. The number of nitrogens with zero attached hydrogens (tertiary/aromatic N) is 3. The second-order valence-corrected chi connectivity index (χ2v) is 5.07. The van der Waals surface area contributed by atoms with Gasteiger partial charge in [0.05, 0.1) is 19.1 Å². The average molecular weight is 317 g/mol. The topological polar surface area (TPSA) is 91.2 Å². The van der Waals surface area contributed by atoms with Gasteiger partial charge in [0.15, 0.2) is 0 Å². The van der Waals surface area contributed by atoms with Crippen molar-refractivity contribution < 1.29 is 18.4 Å². The highest BCUT2D eigenvalue weighted by Gasteiger charge is 2.17. The Hall–Kier alpha value is -2.61. The molecule has 7 nitrogen and oxygen atoms in total. The van der Waals surface area contributed by atoms with Crippen molar-refractivity contribution in [3.8, 4) is 11.5 Å². The second kappa shape index (κ2) is 6.44. The minimum Gasteiger partial charge on any atom is -0.468 e. The van der Waals surface area contributed by atoms with Crippen molar-refractivity contribution in [3.63, 3.8) is 0 Å². The van der Waals surface area contributed by atoms with E-state index in [4.69, 9.17) is 8.83 Å². The molecule has 0 radical (unpaired) electrons. The molecule has 0 aliphatic heterocycles. The Morgan fingerprint density at radius 2 is 2.09 bits per heavy atom. The lowest BCUT2D eigenvalue weighted by Crippen LogP contribution is -2.02. The van der Waals surface area contributed by atoms with Crippen LogP contribution >= 0.6 is 11.8 Å². The zero-order chi connectivity index (χ0) is 15.4. The number of carbonyl (C=O) groups excluding carboxylic acids is 1. The quantitative estimate of drug-likeness (QED) is 0.524. The lowest BCUT2D eigenvalue weighted by molar-refractivity contribution is 0.0598. The zero-order valence-corrected chi connectivity index (χ0v) is 12.4. The molecule has 0 fully saturated rings. The fourth-order valence-electron chi connectivity index (χ4n) is 1.75. The van der Waals surface area contributed by atoms with Gasteiger partial charge in [0, 0.05) is 18.0 Å². The van der Waals surface area contributed by atoms with Crippen LogP contribution in [0.15, 0.2) is 50.9 Å². The molecule has 0 unspecified atom stereocenters. The molecular weight excluding hydrogens is 306 g/mol. The summed E-state index contributed by atoms with van der Waals surface area (Å²) in [7, 11) is 1.32. The summed E-state index contributed by atoms with van der Waals surface area (Å²) in [6.45, 7) is 0. The third-order valence-electron chi connectivity index (χ3n) is 2.81. The number of methoxy groups -OCH3 is 1. The minimum absolute atomic E-state index is 0.384. The maximum absolute atomic E-state index is 11.5. The van der Waals surface area contributed by atoms with Gasteiger partial charge in [0.25, 0.3) is 5.22 Å². The van der Waals surface area contributed by atoms with Crippen LogP contribution in [0, 0.1) is 0 Å². The number of hydrogen-bond acceptors (Lipinski definition) is 8. The van der Waals surface area contributed by atoms with Gasteiger partial charge in [-0.2, -0.15) is 0 Å². The van der Waals surface area contributed by atoms with E-state index in [1.807, 2.05) is 0 Å². The lowest BCUT2D eigenvalue weighted by Gasteiger charge is -1.98. The van der Waals surface area contributed by atoms with Crippen LogP contribution < -0.4 is 0 Å². The first-order chi connectivity index (χ1) is 10.8. The Bertz CT molecular complexity index is 769. The van der Waals surface area contributed by atoms with Crippen molar-refractivity contribution in [1.82, 2.24) is 15.2 Å². The van der Waals surface area contributed by atoms with E-state index in [0.29, 0.717) is 28.2 Å². The normalized spacial score (nSPS) is 10.6. The van der Waals surface area contributed by atoms with Crippen LogP contribution in [-0.2, 0) is 10.5 Å². The summed E-state index contributed by atoms with van der Waals surface area (Å²) in [6.07, 6.45) is 4.74. The van der Waals surface area contributed by atoms with Gasteiger partial charge in [-0.05, 0) is 18.2 Å². The number of aromatic nitrogens is 3. The maximum atomic E-state index is 11.5. The molecule has 3 rings (SSSR count). The summed E-state index contributed by atoms with van der Waals surface area (Å²) in [5.41, 5.74) is 1.19. The van der Waals surface area contributed by atoms with Crippen LogP contribution in [0.3, 0.4) is 0 Å². The molecule has 0 saturated heterocycles. The van der Waals surface area contributed by atoms with Crippen LogP contribution in [0.2, 0.25) is 0 Å². The SMILES string of the molecule is COC(=O)c1ccoc1CSc1nnc(-c2ccncc2)o1. The number of hydrogen-bond donors (Lipinski definition) is 0. The highest BCUT2D eigenvalue weighted by Crippen LogP contribution is 2.27. The molecule has 22 heavy (non-hydrogen) atoms. The predicted molar refractivity (Wildman–Crippen MR) is 77.1 cm³/mol. The Labute approximate surface area is 129 Å². The number of ether oxygens (including phenoxy) is 1. The van der Waals surface area contributed by atoms with Crippen LogP contribution in [-0.4, -0.2) is 28.3 Å². The van der Waals surface area contributed by atoms with Crippen molar-refractivity contribution >= 4 is 17.7 Å². The van der Waals surface area contributed by atoms with Crippen molar-refractivity contribution in [1.29, 1.82) is 0 Å². The van der Waals surface area contributed by atoms with Gasteiger partial charge in [0.1, 0.15) is 11.3 Å². The van der Waals surface area contributed by atoms with Gasteiger partial charge in [-0.1, -0.05) is 11.8 Å². The number of thioether (sulfide) groups is 1. The molecule has 0 N–H and O–H groups in total.